The average Bonchev–Trinajstić information content (AvgIpc) is 2.46. The largest absolute Gasteiger partial charge is 0.444 e. The van der Waals surface area contributed by atoms with Crippen molar-refractivity contribution in [3.8, 4) is 0 Å². The maximum Gasteiger partial charge on any atom is 0.407 e. The maximum absolute atomic E-state index is 12.1. The molecule has 5 heteroatoms. The molecule has 1 N–H and O–H groups in total. The van der Waals surface area contributed by atoms with E-state index >= 15 is 0 Å². The van der Waals surface area contributed by atoms with Crippen LogP contribution < -0.4 is 5.32 Å². The number of amides is 2. The number of carbonyl (C=O) groups excluding carboxylic acids is 2. The Morgan fingerprint density at radius 3 is 2.75 bits per heavy atom. The molecule has 1 saturated heterocycles. The molecule has 0 bridgehead atoms. The number of nitrogens with zero attached hydrogens (tertiary/aromatic N) is 1. The summed E-state index contributed by atoms with van der Waals surface area (Å²) in [5.41, 5.74) is -0.508. The Labute approximate surface area is 122 Å². The number of hydrogen-bond donors (Lipinski definition) is 1. The first-order valence-corrected chi connectivity index (χ1v) is 7.59. The molecule has 0 unspecified atom stereocenters. The van der Waals surface area contributed by atoms with Gasteiger partial charge in [-0.05, 0) is 40.0 Å². The molecule has 1 heterocycles. The Balaban J connectivity index is 2.45. The van der Waals surface area contributed by atoms with Gasteiger partial charge in [-0.2, -0.15) is 0 Å². The maximum atomic E-state index is 12.1. The molecule has 0 aromatic carbocycles. The van der Waals surface area contributed by atoms with Gasteiger partial charge in [0.15, 0.2) is 0 Å². The fourth-order valence-corrected chi connectivity index (χ4v) is 2.28. The smallest absolute Gasteiger partial charge is 0.407 e. The minimum absolute atomic E-state index is 0.107. The van der Waals surface area contributed by atoms with E-state index in [4.69, 9.17) is 4.74 Å². The monoisotopic (exact) mass is 284 g/mol. The predicted molar refractivity (Wildman–Crippen MR) is 78.5 cm³/mol. The number of unbranched alkanes of at least 4 members (excludes halogenated alkanes) is 1. The lowest BCUT2D eigenvalue weighted by Crippen LogP contribution is -2.41. The average molecular weight is 284 g/mol. The fraction of sp³-hybridized carbons (Fsp3) is 0.867. The first-order valence-electron chi connectivity index (χ1n) is 7.59. The summed E-state index contributed by atoms with van der Waals surface area (Å²) in [6, 6.07) is -0.107. The topological polar surface area (TPSA) is 58.6 Å². The lowest BCUT2D eigenvalue weighted by molar-refractivity contribution is -0.131. The van der Waals surface area contributed by atoms with Crippen LogP contribution in [-0.4, -0.2) is 41.6 Å². The third-order valence-corrected chi connectivity index (χ3v) is 3.26. The SMILES string of the molecule is CCCCN1CCC[C@H](NC(=O)OC(C)(C)C)CC1=O. The minimum Gasteiger partial charge on any atom is -0.444 e. The van der Waals surface area contributed by atoms with Crippen LogP contribution in [0.1, 0.15) is 59.8 Å². The van der Waals surface area contributed by atoms with E-state index in [1.165, 1.54) is 0 Å². The number of ether oxygens (including phenoxy) is 1. The van der Waals surface area contributed by atoms with Crippen molar-refractivity contribution in [3.63, 3.8) is 0 Å². The lowest BCUT2D eigenvalue weighted by atomic mass is 10.1. The van der Waals surface area contributed by atoms with Crippen LogP contribution in [0.2, 0.25) is 0 Å². The molecule has 0 spiro atoms. The Bertz CT molecular complexity index is 337. The number of likely N-dealkylation sites (tertiary alicyclic amines) is 1. The molecule has 1 atom stereocenters. The van der Waals surface area contributed by atoms with E-state index in [2.05, 4.69) is 12.2 Å². The Hall–Kier alpha value is -1.26. The van der Waals surface area contributed by atoms with Gasteiger partial charge in [0.25, 0.3) is 0 Å². The van der Waals surface area contributed by atoms with Crippen molar-refractivity contribution in [1.82, 2.24) is 10.2 Å². The van der Waals surface area contributed by atoms with Gasteiger partial charge in [0.1, 0.15) is 5.60 Å². The predicted octanol–water partition coefficient (Wildman–Crippen LogP) is 2.69. The van der Waals surface area contributed by atoms with E-state index < -0.39 is 11.7 Å². The second-order valence-corrected chi connectivity index (χ2v) is 6.42. The van der Waals surface area contributed by atoms with Crippen LogP contribution in [-0.2, 0) is 9.53 Å². The second-order valence-electron chi connectivity index (χ2n) is 6.42. The van der Waals surface area contributed by atoms with Gasteiger partial charge in [0.05, 0.1) is 0 Å². The zero-order valence-electron chi connectivity index (χ0n) is 13.2. The molecule has 1 rings (SSSR count). The summed E-state index contributed by atoms with van der Waals surface area (Å²) in [6.45, 7) is 9.24. The van der Waals surface area contributed by atoms with Crippen molar-refractivity contribution in [2.24, 2.45) is 0 Å². The van der Waals surface area contributed by atoms with E-state index in [0.29, 0.717) is 6.42 Å². The molecule has 2 amide bonds. The number of carbonyl (C=O) groups is 2. The fourth-order valence-electron chi connectivity index (χ4n) is 2.28. The van der Waals surface area contributed by atoms with Crippen molar-refractivity contribution >= 4 is 12.0 Å². The van der Waals surface area contributed by atoms with Gasteiger partial charge in [-0.3, -0.25) is 4.79 Å². The summed E-state index contributed by atoms with van der Waals surface area (Å²) in [5.74, 6) is 0.136. The number of rotatable bonds is 4. The second kappa shape index (κ2) is 7.50. The molecule has 0 aromatic rings. The summed E-state index contributed by atoms with van der Waals surface area (Å²) in [5, 5.41) is 2.81. The molecule has 0 saturated carbocycles. The highest BCUT2D eigenvalue weighted by Gasteiger charge is 2.25. The summed E-state index contributed by atoms with van der Waals surface area (Å²) in [4.78, 5) is 25.8. The number of nitrogens with one attached hydrogen (secondary N) is 1. The molecule has 1 fully saturated rings. The van der Waals surface area contributed by atoms with Gasteiger partial charge in [0, 0.05) is 25.6 Å². The van der Waals surface area contributed by atoms with Crippen LogP contribution in [0.4, 0.5) is 4.79 Å². The quantitative estimate of drug-likeness (QED) is 0.863. The van der Waals surface area contributed by atoms with Gasteiger partial charge in [-0.1, -0.05) is 13.3 Å². The third-order valence-electron chi connectivity index (χ3n) is 3.26. The molecule has 5 nitrogen and oxygen atoms in total. The number of hydrogen-bond acceptors (Lipinski definition) is 3. The highest BCUT2D eigenvalue weighted by Crippen LogP contribution is 2.14. The normalized spacial score (nSPS) is 20.5. The summed E-state index contributed by atoms with van der Waals surface area (Å²) in [7, 11) is 0. The van der Waals surface area contributed by atoms with Crippen LogP contribution in [0.5, 0.6) is 0 Å². The van der Waals surface area contributed by atoms with Crippen LogP contribution in [0, 0.1) is 0 Å². The Morgan fingerprint density at radius 2 is 2.15 bits per heavy atom. The molecular formula is C15H28N2O3. The molecule has 0 aromatic heterocycles. The Morgan fingerprint density at radius 1 is 1.45 bits per heavy atom. The van der Waals surface area contributed by atoms with Crippen LogP contribution in [0.15, 0.2) is 0 Å². The Kier molecular flexibility index (Phi) is 6.30. The summed E-state index contributed by atoms with van der Waals surface area (Å²) >= 11 is 0. The number of alkyl carbamates (subject to hydrolysis) is 1. The lowest BCUT2D eigenvalue weighted by Gasteiger charge is -2.23. The van der Waals surface area contributed by atoms with Crippen molar-refractivity contribution in [1.29, 1.82) is 0 Å². The molecule has 1 aliphatic heterocycles. The van der Waals surface area contributed by atoms with Crippen molar-refractivity contribution in [2.45, 2.75) is 71.4 Å². The summed E-state index contributed by atoms with van der Waals surface area (Å²) in [6.07, 6.45) is 3.82. The zero-order chi connectivity index (χ0) is 15.2. The van der Waals surface area contributed by atoms with E-state index in [-0.39, 0.29) is 11.9 Å². The molecule has 20 heavy (non-hydrogen) atoms. The molecule has 116 valence electrons. The van der Waals surface area contributed by atoms with Crippen LogP contribution in [0.25, 0.3) is 0 Å². The third kappa shape index (κ3) is 6.26. The van der Waals surface area contributed by atoms with Crippen LogP contribution in [0.3, 0.4) is 0 Å². The van der Waals surface area contributed by atoms with Crippen molar-refractivity contribution in [2.75, 3.05) is 13.1 Å². The van der Waals surface area contributed by atoms with Gasteiger partial charge in [-0.25, -0.2) is 4.79 Å². The van der Waals surface area contributed by atoms with Gasteiger partial charge in [-0.15, -0.1) is 0 Å². The molecular weight excluding hydrogens is 256 g/mol. The highest BCUT2D eigenvalue weighted by molar-refractivity contribution is 5.78. The van der Waals surface area contributed by atoms with Crippen LogP contribution >= 0.6 is 0 Å². The van der Waals surface area contributed by atoms with Gasteiger partial charge >= 0.3 is 6.09 Å². The first kappa shape index (κ1) is 16.8. The molecule has 1 aliphatic rings. The first-order chi connectivity index (χ1) is 9.31. The summed E-state index contributed by atoms with van der Waals surface area (Å²) < 4.78 is 5.23. The van der Waals surface area contributed by atoms with Gasteiger partial charge in [0.2, 0.25) is 5.91 Å². The zero-order valence-corrected chi connectivity index (χ0v) is 13.2. The van der Waals surface area contributed by atoms with Crippen molar-refractivity contribution in [3.05, 3.63) is 0 Å². The van der Waals surface area contributed by atoms with E-state index in [9.17, 15) is 9.59 Å². The van der Waals surface area contributed by atoms with Gasteiger partial charge < -0.3 is 15.0 Å². The molecule has 0 radical (unpaired) electrons. The van der Waals surface area contributed by atoms with E-state index in [1.807, 2.05) is 25.7 Å². The van der Waals surface area contributed by atoms with E-state index in [1.54, 1.807) is 0 Å². The molecule has 0 aliphatic carbocycles. The highest BCUT2D eigenvalue weighted by atomic mass is 16.6. The van der Waals surface area contributed by atoms with E-state index in [0.717, 1.165) is 38.8 Å². The standard InChI is InChI=1S/C15H28N2O3/c1-5-6-9-17-10-7-8-12(11-13(17)18)16-14(19)20-15(2,3)4/h12H,5-11H2,1-4H3,(H,16,19)/t12-/m0/s1. The minimum atomic E-state index is -0.508. The van der Waals surface area contributed by atoms with Crippen molar-refractivity contribution < 1.29 is 14.3 Å².